The van der Waals surface area contributed by atoms with E-state index in [1.807, 2.05) is 6.07 Å². The molecule has 1 unspecified atom stereocenters. The Balaban J connectivity index is 2.68. The number of halogens is 1. The van der Waals surface area contributed by atoms with Gasteiger partial charge in [-0.1, -0.05) is 62.7 Å². The van der Waals surface area contributed by atoms with Crippen LogP contribution in [0.5, 0.6) is 5.75 Å². The van der Waals surface area contributed by atoms with Crippen molar-refractivity contribution < 1.29 is 4.74 Å². The standard InChI is InChI=1S/C16H25BrO/c1-12(2)13(10-17)11-18-15-8-6-7-14(9-15)16(3,4)5/h6-9,12-13H,10-11H2,1-5H3. The highest BCUT2D eigenvalue weighted by Gasteiger charge is 2.15. The van der Waals surface area contributed by atoms with Crippen molar-refractivity contribution in [3.05, 3.63) is 29.8 Å². The van der Waals surface area contributed by atoms with E-state index < -0.39 is 0 Å². The molecule has 1 rings (SSSR count). The summed E-state index contributed by atoms with van der Waals surface area (Å²) < 4.78 is 5.93. The minimum atomic E-state index is 0.173. The predicted octanol–water partition coefficient (Wildman–Crippen LogP) is 5.03. The molecule has 0 spiro atoms. The second-order valence-electron chi connectivity index (χ2n) is 6.25. The minimum Gasteiger partial charge on any atom is -0.493 e. The van der Waals surface area contributed by atoms with E-state index in [0.29, 0.717) is 11.8 Å². The molecule has 2 heteroatoms. The molecule has 0 N–H and O–H groups in total. The van der Waals surface area contributed by atoms with Gasteiger partial charge in [-0.05, 0) is 29.0 Å². The molecule has 0 aliphatic rings. The fourth-order valence-electron chi connectivity index (χ4n) is 1.67. The van der Waals surface area contributed by atoms with Gasteiger partial charge in [0, 0.05) is 11.2 Å². The van der Waals surface area contributed by atoms with Crippen LogP contribution < -0.4 is 4.74 Å². The van der Waals surface area contributed by atoms with E-state index in [4.69, 9.17) is 4.74 Å². The lowest BCUT2D eigenvalue weighted by Gasteiger charge is -2.22. The van der Waals surface area contributed by atoms with E-state index in [2.05, 4.69) is 68.7 Å². The Morgan fingerprint density at radius 3 is 2.39 bits per heavy atom. The molecule has 1 atom stereocenters. The highest BCUT2D eigenvalue weighted by Crippen LogP contribution is 2.26. The maximum absolute atomic E-state index is 5.93. The molecule has 0 radical (unpaired) electrons. The number of benzene rings is 1. The molecule has 0 aliphatic carbocycles. The van der Waals surface area contributed by atoms with Gasteiger partial charge >= 0.3 is 0 Å². The van der Waals surface area contributed by atoms with Gasteiger partial charge in [-0.2, -0.15) is 0 Å². The summed E-state index contributed by atoms with van der Waals surface area (Å²) in [5.41, 5.74) is 1.49. The maximum Gasteiger partial charge on any atom is 0.119 e. The van der Waals surface area contributed by atoms with Gasteiger partial charge < -0.3 is 4.74 Å². The number of hydrogen-bond donors (Lipinski definition) is 0. The predicted molar refractivity (Wildman–Crippen MR) is 82.8 cm³/mol. The fourth-order valence-corrected chi connectivity index (χ4v) is 2.61. The summed E-state index contributed by atoms with van der Waals surface area (Å²) in [6.45, 7) is 11.9. The van der Waals surface area contributed by atoms with Crippen LogP contribution in [0.4, 0.5) is 0 Å². The van der Waals surface area contributed by atoms with E-state index in [1.165, 1.54) is 5.56 Å². The summed E-state index contributed by atoms with van der Waals surface area (Å²) in [4.78, 5) is 0. The Morgan fingerprint density at radius 1 is 1.22 bits per heavy atom. The second-order valence-corrected chi connectivity index (χ2v) is 6.89. The average Bonchev–Trinajstić information content (AvgIpc) is 2.28. The normalized spacial score (nSPS) is 13.7. The third-order valence-electron chi connectivity index (χ3n) is 3.31. The molecule has 0 aliphatic heterocycles. The van der Waals surface area contributed by atoms with E-state index >= 15 is 0 Å². The lowest BCUT2D eigenvalue weighted by Crippen LogP contribution is -2.19. The highest BCUT2D eigenvalue weighted by molar-refractivity contribution is 9.09. The van der Waals surface area contributed by atoms with Gasteiger partial charge in [-0.3, -0.25) is 0 Å². The monoisotopic (exact) mass is 312 g/mol. The van der Waals surface area contributed by atoms with Crippen LogP contribution >= 0.6 is 15.9 Å². The van der Waals surface area contributed by atoms with Crippen molar-refractivity contribution in [3.63, 3.8) is 0 Å². The van der Waals surface area contributed by atoms with Gasteiger partial charge in [0.05, 0.1) is 6.61 Å². The van der Waals surface area contributed by atoms with Gasteiger partial charge in [0.2, 0.25) is 0 Å². The van der Waals surface area contributed by atoms with Crippen LogP contribution in [-0.4, -0.2) is 11.9 Å². The number of hydrogen-bond acceptors (Lipinski definition) is 1. The molecule has 0 amide bonds. The summed E-state index contributed by atoms with van der Waals surface area (Å²) in [7, 11) is 0. The molecule has 18 heavy (non-hydrogen) atoms. The van der Waals surface area contributed by atoms with E-state index in [9.17, 15) is 0 Å². The molecule has 102 valence electrons. The Morgan fingerprint density at radius 2 is 1.89 bits per heavy atom. The van der Waals surface area contributed by atoms with Crippen LogP contribution in [0.3, 0.4) is 0 Å². The summed E-state index contributed by atoms with van der Waals surface area (Å²) in [5.74, 6) is 2.17. The van der Waals surface area contributed by atoms with E-state index in [1.54, 1.807) is 0 Å². The van der Waals surface area contributed by atoms with Gasteiger partial charge in [0.1, 0.15) is 5.75 Å². The Bertz CT molecular complexity index is 366. The lowest BCUT2D eigenvalue weighted by atomic mass is 9.87. The van der Waals surface area contributed by atoms with Crippen molar-refractivity contribution >= 4 is 15.9 Å². The quantitative estimate of drug-likeness (QED) is 0.693. The topological polar surface area (TPSA) is 9.23 Å². The van der Waals surface area contributed by atoms with E-state index in [0.717, 1.165) is 17.7 Å². The fraction of sp³-hybridized carbons (Fsp3) is 0.625. The first-order valence-electron chi connectivity index (χ1n) is 6.64. The zero-order valence-corrected chi connectivity index (χ0v) is 13.8. The van der Waals surface area contributed by atoms with Crippen LogP contribution in [-0.2, 0) is 5.41 Å². The molecule has 0 saturated carbocycles. The van der Waals surface area contributed by atoms with Crippen LogP contribution in [0, 0.1) is 11.8 Å². The highest BCUT2D eigenvalue weighted by atomic mass is 79.9. The molecule has 1 nitrogen and oxygen atoms in total. The van der Waals surface area contributed by atoms with Crippen LogP contribution in [0.15, 0.2) is 24.3 Å². The van der Waals surface area contributed by atoms with Crippen molar-refractivity contribution in [2.24, 2.45) is 11.8 Å². The molecule has 0 heterocycles. The molecule has 1 aromatic rings. The van der Waals surface area contributed by atoms with E-state index in [-0.39, 0.29) is 5.41 Å². The van der Waals surface area contributed by atoms with Crippen LogP contribution in [0.2, 0.25) is 0 Å². The van der Waals surface area contributed by atoms with Gasteiger partial charge in [0.25, 0.3) is 0 Å². The van der Waals surface area contributed by atoms with Gasteiger partial charge in [-0.15, -0.1) is 0 Å². The minimum absolute atomic E-state index is 0.173. The lowest BCUT2D eigenvalue weighted by molar-refractivity contribution is 0.227. The summed E-state index contributed by atoms with van der Waals surface area (Å²) >= 11 is 3.56. The van der Waals surface area contributed by atoms with Crippen molar-refractivity contribution in [2.45, 2.75) is 40.0 Å². The smallest absolute Gasteiger partial charge is 0.119 e. The van der Waals surface area contributed by atoms with Crippen LogP contribution in [0.1, 0.15) is 40.2 Å². The van der Waals surface area contributed by atoms with Gasteiger partial charge in [0.15, 0.2) is 0 Å². The van der Waals surface area contributed by atoms with Crippen molar-refractivity contribution in [2.75, 3.05) is 11.9 Å². The second kappa shape index (κ2) is 6.60. The zero-order chi connectivity index (χ0) is 13.8. The summed E-state index contributed by atoms with van der Waals surface area (Å²) in [5, 5.41) is 0.990. The molecular formula is C16H25BrO. The molecule has 1 aromatic carbocycles. The SMILES string of the molecule is CC(C)C(CBr)COc1cccc(C(C)(C)C)c1. The number of ether oxygens (including phenoxy) is 1. The van der Waals surface area contributed by atoms with Crippen molar-refractivity contribution in [1.82, 2.24) is 0 Å². The Labute approximate surface area is 120 Å². The first kappa shape index (κ1) is 15.6. The zero-order valence-electron chi connectivity index (χ0n) is 12.2. The van der Waals surface area contributed by atoms with Crippen molar-refractivity contribution in [3.8, 4) is 5.75 Å². The molecular weight excluding hydrogens is 288 g/mol. The summed E-state index contributed by atoms with van der Waals surface area (Å²) in [6.07, 6.45) is 0. The molecule has 0 bridgehead atoms. The molecule has 0 fully saturated rings. The van der Waals surface area contributed by atoms with Gasteiger partial charge in [-0.25, -0.2) is 0 Å². The Hall–Kier alpha value is -0.500. The van der Waals surface area contributed by atoms with Crippen molar-refractivity contribution in [1.29, 1.82) is 0 Å². The third kappa shape index (κ3) is 4.64. The number of alkyl halides is 1. The first-order valence-corrected chi connectivity index (χ1v) is 7.76. The average molecular weight is 313 g/mol. The maximum atomic E-state index is 5.93. The number of rotatable bonds is 5. The largest absolute Gasteiger partial charge is 0.493 e. The molecule has 0 saturated heterocycles. The van der Waals surface area contributed by atoms with Crippen LogP contribution in [0.25, 0.3) is 0 Å². The Kier molecular flexibility index (Phi) is 5.71. The summed E-state index contributed by atoms with van der Waals surface area (Å²) in [6, 6.07) is 8.44. The third-order valence-corrected chi connectivity index (χ3v) is 4.14. The molecule has 0 aromatic heterocycles. The first-order chi connectivity index (χ1) is 8.34.